The molecule has 0 N–H and O–H groups in total. The molecule has 26 heavy (non-hydrogen) atoms. The molecule has 2 aromatic carbocycles. The van der Waals surface area contributed by atoms with Crippen molar-refractivity contribution in [3.8, 4) is 5.69 Å². The zero-order chi connectivity index (χ0) is 17.8. The quantitative estimate of drug-likeness (QED) is 0.430. The highest BCUT2D eigenvalue weighted by atomic mass is 35.5. The van der Waals surface area contributed by atoms with E-state index in [-0.39, 0.29) is 5.56 Å². The van der Waals surface area contributed by atoms with E-state index in [0.29, 0.717) is 26.9 Å². The summed E-state index contributed by atoms with van der Waals surface area (Å²) in [5.41, 5.74) is 2.84. The molecule has 5 aromatic rings. The van der Waals surface area contributed by atoms with E-state index in [1.54, 1.807) is 30.6 Å². The van der Waals surface area contributed by atoms with Crippen LogP contribution in [0.15, 0.2) is 65.7 Å². The lowest BCUT2D eigenvalue weighted by atomic mass is 10.2. The maximum Gasteiger partial charge on any atom is 0.266 e. The Balaban J connectivity index is 1.88. The molecule has 5 rings (SSSR count). The van der Waals surface area contributed by atoms with Crippen molar-refractivity contribution < 1.29 is 0 Å². The number of para-hydroxylation sites is 2. The van der Waals surface area contributed by atoms with Crippen LogP contribution in [-0.4, -0.2) is 18.9 Å². The third-order valence-electron chi connectivity index (χ3n) is 4.37. The number of pyridine rings is 1. The third-order valence-corrected chi connectivity index (χ3v) is 4.91. The molecule has 5 nitrogen and oxygen atoms in total. The van der Waals surface area contributed by atoms with Gasteiger partial charge in [-0.1, -0.05) is 35.3 Å². The lowest BCUT2D eigenvalue weighted by Gasteiger charge is -2.10. The Morgan fingerprint density at radius 3 is 2.65 bits per heavy atom. The van der Waals surface area contributed by atoms with Crippen molar-refractivity contribution in [2.45, 2.75) is 0 Å². The minimum absolute atomic E-state index is 0.209. The summed E-state index contributed by atoms with van der Waals surface area (Å²) in [6, 6.07) is 14.6. The average Bonchev–Trinajstić information content (AvgIpc) is 3.02. The molecule has 0 aliphatic carbocycles. The van der Waals surface area contributed by atoms with Crippen LogP contribution in [-0.2, 0) is 0 Å². The van der Waals surface area contributed by atoms with Gasteiger partial charge < -0.3 is 0 Å². The Hall–Kier alpha value is -2.89. The van der Waals surface area contributed by atoms with Crippen molar-refractivity contribution in [3.05, 3.63) is 81.3 Å². The number of halogens is 2. The predicted octanol–water partition coefficient (Wildman–Crippen LogP) is 4.49. The minimum Gasteiger partial charge on any atom is -0.282 e. The van der Waals surface area contributed by atoms with E-state index < -0.39 is 0 Å². The molecule has 0 aliphatic heterocycles. The van der Waals surface area contributed by atoms with Crippen LogP contribution < -0.4 is 5.56 Å². The number of hydrogen-bond acceptors (Lipinski definition) is 3. The van der Waals surface area contributed by atoms with Gasteiger partial charge in [0.2, 0.25) is 5.78 Å². The van der Waals surface area contributed by atoms with Gasteiger partial charge in [0.05, 0.1) is 32.6 Å². The summed E-state index contributed by atoms with van der Waals surface area (Å²) in [5, 5.41) is 1.40. The molecule has 0 saturated carbocycles. The second-order valence-electron chi connectivity index (χ2n) is 5.88. The van der Waals surface area contributed by atoms with Crippen LogP contribution in [0.1, 0.15) is 0 Å². The van der Waals surface area contributed by atoms with Crippen LogP contribution in [0, 0.1) is 0 Å². The first kappa shape index (κ1) is 15.4. The maximum atomic E-state index is 13.1. The molecule has 0 aliphatic rings. The van der Waals surface area contributed by atoms with Gasteiger partial charge in [0.25, 0.3) is 5.56 Å². The van der Waals surface area contributed by atoms with Gasteiger partial charge in [-0.15, -0.1) is 0 Å². The Labute approximate surface area is 157 Å². The molecule has 126 valence electrons. The van der Waals surface area contributed by atoms with Gasteiger partial charge in [-0.25, -0.2) is 9.97 Å². The molecular weight excluding hydrogens is 371 g/mol. The molecule has 0 amide bonds. The molecule has 0 fully saturated rings. The molecule has 3 aromatic heterocycles. The first-order valence-corrected chi connectivity index (χ1v) is 8.62. The maximum absolute atomic E-state index is 13.1. The molecule has 0 radical (unpaired) electrons. The van der Waals surface area contributed by atoms with E-state index in [1.807, 2.05) is 34.7 Å². The SMILES string of the molecule is O=c1c2cnc3nc4ccccc4n3c2ccn1-c1ccc(Cl)cc1Cl. The van der Waals surface area contributed by atoms with E-state index in [0.717, 1.165) is 16.6 Å². The second-order valence-corrected chi connectivity index (χ2v) is 6.72. The monoisotopic (exact) mass is 380 g/mol. The Kier molecular flexibility index (Phi) is 3.29. The van der Waals surface area contributed by atoms with Crippen molar-refractivity contribution in [2.24, 2.45) is 0 Å². The summed E-state index contributed by atoms with van der Waals surface area (Å²) in [6.45, 7) is 0. The van der Waals surface area contributed by atoms with Crippen molar-refractivity contribution in [3.63, 3.8) is 0 Å². The Morgan fingerprint density at radius 2 is 1.81 bits per heavy atom. The van der Waals surface area contributed by atoms with Crippen LogP contribution >= 0.6 is 23.2 Å². The van der Waals surface area contributed by atoms with E-state index >= 15 is 0 Å². The topological polar surface area (TPSA) is 52.2 Å². The van der Waals surface area contributed by atoms with E-state index in [4.69, 9.17) is 23.2 Å². The average molecular weight is 381 g/mol. The number of benzene rings is 2. The van der Waals surface area contributed by atoms with E-state index in [1.165, 1.54) is 4.57 Å². The molecule has 0 unspecified atom stereocenters. The molecular formula is C19H10Cl2N4O. The predicted molar refractivity (Wildman–Crippen MR) is 104 cm³/mol. The Bertz CT molecular complexity index is 1390. The standard InChI is InChI=1S/C19H10Cl2N4O/c20-11-5-6-16(13(21)9-11)24-8-7-15-12(18(24)26)10-22-19-23-14-3-1-2-4-17(14)25(15)19/h1-10H. The van der Waals surface area contributed by atoms with Gasteiger partial charge in [0, 0.05) is 17.4 Å². The van der Waals surface area contributed by atoms with E-state index in [2.05, 4.69) is 9.97 Å². The highest BCUT2D eigenvalue weighted by Crippen LogP contribution is 2.25. The second kappa shape index (κ2) is 5.56. The van der Waals surface area contributed by atoms with Crippen LogP contribution in [0.4, 0.5) is 0 Å². The first-order chi connectivity index (χ1) is 12.6. The van der Waals surface area contributed by atoms with Crippen molar-refractivity contribution in [2.75, 3.05) is 0 Å². The van der Waals surface area contributed by atoms with Crippen molar-refractivity contribution in [1.29, 1.82) is 0 Å². The normalized spacial score (nSPS) is 11.6. The van der Waals surface area contributed by atoms with Crippen molar-refractivity contribution in [1.82, 2.24) is 18.9 Å². The summed E-state index contributed by atoms with van der Waals surface area (Å²) in [5.74, 6) is 0.556. The van der Waals surface area contributed by atoms with Crippen LogP contribution in [0.5, 0.6) is 0 Å². The molecule has 3 heterocycles. The summed E-state index contributed by atoms with van der Waals surface area (Å²) >= 11 is 12.2. The summed E-state index contributed by atoms with van der Waals surface area (Å²) in [6.07, 6.45) is 3.26. The number of nitrogens with zero attached hydrogens (tertiary/aromatic N) is 4. The van der Waals surface area contributed by atoms with Crippen LogP contribution in [0.3, 0.4) is 0 Å². The third kappa shape index (κ3) is 2.14. The lowest BCUT2D eigenvalue weighted by Crippen LogP contribution is -2.19. The molecule has 0 spiro atoms. The minimum atomic E-state index is -0.209. The first-order valence-electron chi connectivity index (χ1n) is 7.86. The zero-order valence-electron chi connectivity index (χ0n) is 13.2. The highest BCUT2D eigenvalue weighted by molar-refractivity contribution is 6.35. The largest absolute Gasteiger partial charge is 0.282 e. The number of imidazole rings is 1. The number of aromatic nitrogens is 4. The van der Waals surface area contributed by atoms with Gasteiger partial charge >= 0.3 is 0 Å². The zero-order valence-corrected chi connectivity index (χ0v) is 14.7. The molecule has 7 heteroatoms. The summed E-state index contributed by atoms with van der Waals surface area (Å²) in [7, 11) is 0. The van der Waals surface area contributed by atoms with Gasteiger partial charge in [-0.2, -0.15) is 0 Å². The number of hydrogen-bond donors (Lipinski definition) is 0. The fourth-order valence-electron chi connectivity index (χ4n) is 3.18. The van der Waals surface area contributed by atoms with Gasteiger partial charge in [0.15, 0.2) is 0 Å². The summed E-state index contributed by atoms with van der Waals surface area (Å²) < 4.78 is 3.38. The molecule has 0 bridgehead atoms. The fraction of sp³-hybridized carbons (Fsp3) is 0. The highest BCUT2D eigenvalue weighted by Gasteiger charge is 2.13. The van der Waals surface area contributed by atoms with Crippen molar-refractivity contribution >= 4 is 50.9 Å². The van der Waals surface area contributed by atoms with Crippen LogP contribution in [0.2, 0.25) is 10.0 Å². The van der Waals surface area contributed by atoms with Gasteiger partial charge in [-0.3, -0.25) is 13.8 Å². The van der Waals surface area contributed by atoms with Crippen LogP contribution in [0.25, 0.3) is 33.4 Å². The smallest absolute Gasteiger partial charge is 0.266 e. The molecule has 0 saturated heterocycles. The van der Waals surface area contributed by atoms with Gasteiger partial charge in [0.1, 0.15) is 0 Å². The number of rotatable bonds is 1. The Morgan fingerprint density at radius 1 is 0.962 bits per heavy atom. The lowest BCUT2D eigenvalue weighted by molar-refractivity contribution is 1.00. The fourth-order valence-corrected chi connectivity index (χ4v) is 3.68. The van der Waals surface area contributed by atoms with Gasteiger partial charge in [-0.05, 0) is 36.4 Å². The number of fused-ring (bicyclic) bond motifs is 5. The van der Waals surface area contributed by atoms with E-state index in [9.17, 15) is 4.79 Å². The summed E-state index contributed by atoms with van der Waals surface area (Å²) in [4.78, 5) is 21.9. The molecule has 0 atom stereocenters.